The predicted octanol–water partition coefficient (Wildman–Crippen LogP) is 3.08. The standard InChI is InChI=1S/C15H11Cl2NO4/c16-10-5-3-7-12(14(10)17)22-15(20)9-4-1-2-6-11(9)21-8-13(18)19/h1-7H,8H2,(H2,18,19). The second-order valence-corrected chi connectivity index (χ2v) is 4.98. The van der Waals surface area contributed by atoms with Crippen LogP contribution in [0.5, 0.6) is 11.5 Å². The number of benzene rings is 2. The highest BCUT2D eigenvalue weighted by molar-refractivity contribution is 6.43. The number of nitrogens with two attached hydrogens (primary N) is 1. The molecule has 0 saturated carbocycles. The average molecular weight is 340 g/mol. The molecule has 22 heavy (non-hydrogen) atoms. The van der Waals surface area contributed by atoms with E-state index in [-0.39, 0.29) is 33.7 Å². The Labute approximate surface area is 136 Å². The van der Waals surface area contributed by atoms with Crippen molar-refractivity contribution < 1.29 is 19.1 Å². The summed E-state index contributed by atoms with van der Waals surface area (Å²) in [7, 11) is 0. The first-order chi connectivity index (χ1) is 10.5. The molecule has 0 aliphatic rings. The van der Waals surface area contributed by atoms with Crippen molar-refractivity contribution in [2.45, 2.75) is 0 Å². The van der Waals surface area contributed by atoms with E-state index in [1.165, 1.54) is 18.2 Å². The SMILES string of the molecule is NC(=O)COc1ccccc1C(=O)Oc1cccc(Cl)c1Cl. The van der Waals surface area contributed by atoms with Gasteiger partial charge in [-0.3, -0.25) is 4.79 Å². The highest BCUT2D eigenvalue weighted by atomic mass is 35.5. The van der Waals surface area contributed by atoms with E-state index in [4.69, 9.17) is 38.4 Å². The minimum atomic E-state index is -0.691. The third kappa shape index (κ3) is 3.90. The average Bonchev–Trinajstić information content (AvgIpc) is 2.50. The molecule has 2 aromatic carbocycles. The zero-order valence-electron chi connectivity index (χ0n) is 11.2. The molecule has 0 spiro atoms. The van der Waals surface area contributed by atoms with E-state index in [2.05, 4.69) is 0 Å². The number of halogens is 2. The molecular formula is C15H11Cl2NO4. The van der Waals surface area contributed by atoms with E-state index >= 15 is 0 Å². The smallest absolute Gasteiger partial charge is 0.347 e. The first-order valence-electron chi connectivity index (χ1n) is 6.15. The molecule has 0 aliphatic heterocycles. The predicted molar refractivity (Wildman–Crippen MR) is 82.6 cm³/mol. The van der Waals surface area contributed by atoms with Crippen LogP contribution in [0.25, 0.3) is 0 Å². The number of hydrogen-bond donors (Lipinski definition) is 1. The lowest BCUT2D eigenvalue weighted by atomic mass is 10.2. The van der Waals surface area contributed by atoms with Crippen molar-refractivity contribution in [2.75, 3.05) is 6.61 Å². The topological polar surface area (TPSA) is 78.6 Å². The van der Waals surface area contributed by atoms with Crippen molar-refractivity contribution in [1.82, 2.24) is 0 Å². The van der Waals surface area contributed by atoms with E-state index in [0.717, 1.165) is 0 Å². The number of amides is 1. The highest BCUT2D eigenvalue weighted by Gasteiger charge is 2.17. The van der Waals surface area contributed by atoms with Gasteiger partial charge in [-0.25, -0.2) is 4.79 Å². The first kappa shape index (κ1) is 16.1. The lowest BCUT2D eigenvalue weighted by molar-refractivity contribution is -0.119. The van der Waals surface area contributed by atoms with Gasteiger partial charge < -0.3 is 15.2 Å². The summed E-state index contributed by atoms with van der Waals surface area (Å²) in [6.07, 6.45) is 0. The fraction of sp³-hybridized carbons (Fsp3) is 0.0667. The van der Waals surface area contributed by atoms with Crippen molar-refractivity contribution in [3.8, 4) is 11.5 Å². The molecule has 2 rings (SSSR count). The summed E-state index contributed by atoms with van der Waals surface area (Å²) in [4.78, 5) is 23.0. The molecule has 0 bridgehead atoms. The van der Waals surface area contributed by atoms with Gasteiger partial charge in [0.2, 0.25) is 0 Å². The fourth-order valence-electron chi connectivity index (χ4n) is 1.63. The Morgan fingerprint density at radius 1 is 1.00 bits per heavy atom. The van der Waals surface area contributed by atoms with Gasteiger partial charge >= 0.3 is 5.97 Å². The van der Waals surface area contributed by atoms with Crippen LogP contribution in [0.3, 0.4) is 0 Å². The fourth-order valence-corrected chi connectivity index (χ4v) is 1.96. The van der Waals surface area contributed by atoms with Crippen LogP contribution in [0, 0.1) is 0 Å². The van der Waals surface area contributed by atoms with Gasteiger partial charge in [0.05, 0.1) is 5.02 Å². The molecule has 0 unspecified atom stereocenters. The van der Waals surface area contributed by atoms with Crippen LogP contribution >= 0.6 is 23.2 Å². The summed E-state index contributed by atoms with van der Waals surface area (Å²) in [5.74, 6) is -1.03. The Balaban J connectivity index is 2.22. The molecular weight excluding hydrogens is 329 g/mol. The summed E-state index contributed by atoms with van der Waals surface area (Å²) in [6, 6.07) is 11.0. The van der Waals surface area contributed by atoms with Crippen LogP contribution in [0.4, 0.5) is 0 Å². The van der Waals surface area contributed by atoms with Crippen LogP contribution in [0.2, 0.25) is 10.0 Å². The van der Waals surface area contributed by atoms with Crippen molar-refractivity contribution in [3.05, 3.63) is 58.1 Å². The van der Waals surface area contributed by atoms with Gasteiger partial charge in [0.1, 0.15) is 16.3 Å². The molecule has 0 aliphatic carbocycles. The summed E-state index contributed by atoms with van der Waals surface area (Å²) in [6.45, 7) is -0.345. The number of ether oxygens (including phenoxy) is 2. The molecule has 0 atom stereocenters. The maximum absolute atomic E-state index is 12.2. The van der Waals surface area contributed by atoms with E-state index in [9.17, 15) is 9.59 Å². The number of carbonyl (C=O) groups is 2. The van der Waals surface area contributed by atoms with Crippen LogP contribution in [0.15, 0.2) is 42.5 Å². The van der Waals surface area contributed by atoms with Crippen molar-refractivity contribution >= 4 is 35.1 Å². The maximum Gasteiger partial charge on any atom is 0.347 e. The van der Waals surface area contributed by atoms with Crippen LogP contribution in [-0.2, 0) is 4.79 Å². The number of para-hydroxylation sites is 1. The first-order valence-corrected chi connectivity index (χ1v) is 6.91. The van der Waals surface area contributed by atoms with Gasteiger partial charge in [-0.1, -0.05) is 41.4 Å². The normalized spacial score (nSPS) is 10.1. The van der Waals surface area contributed by atoms with E-state index in [1.807, 2.05) is 0 Å². The van der Waals surface area contributed by atoms with Gasteiger partial charge in [0.15, 0.2) is 12.4 Å². The maximum atomic E-state index is 12.2. The molecule has 7 heteroatoms. The Kier molecular flexibility index (Phi) is 5.25. The quantitative estimate of drug-likeness (QED) is 0.670. The molecule has 2 aromatic rings. The van der Waals surface area contributed by atoms with Crippen LogP contribution in [0.1, 0.15) is 10.4 Å². The summed E-state index contributed by atoms with van der Waals surface area (Å²) < 4.78 is 10.4. The van der Waals surface area contributed by atoms with Crippen molar-refractivity contribution in [1.29, 1.82) is 0 Å². The second-order valence-electron chi connectivity index (χ2n) is 4.19. The van der Waals surface area contributed by atoms with Crippen LogP contribution in [-0.4, -0.2) is 18.5 Å². The Morgan fingerprint density at radius 3 is 2.41 bits per heavy atom. The van der Waals surface area contributed by atoms with E-state index in [0.29, 0.717) is 0 Å². The molecule has 5 nitrogen and oxygen atoms in total. The van der Waals surface area contributed by atoms with Gasteiger partial charge in [0.25, 0.3) is 5.91 Å². The minimum absolute atomic E-state index is 0.129. The number of hydrogen-bond acceptors (Lipinski definition) is 4. The Hall–Kier alpha value is -2.24. The molecule has 114 valence electrons. The summed E-state index contributed by atoms with van der Waals surface area (Å²) >= 11 is 11.8. The van der Waals surface area contributed by atoms with Crippen molar-refractivity contribution in [2.24, 2.45) is 5.73 Å². The molecule has 1 amide bonds. The zero-order chi connectivity index (χ0) is 16.1. The summed E-state index contributed by atoms with van der Waals surface area (Å²) in [5.41, 5.74) is 5.15. The van der Waals surface area contributed by atoms with Gasteiger partial charge in [0, 0.05) is 0 Å². The number of carbonyl (C=O) groups excluding carboxylic acids is 2. The highest BCUT2D eigenvalue weighted by Crippen LogP contribution is 2.32. The van der Waals surface area contributed by atoms with E-state index in [1.54, 1.807) is 24.3 Å². The number of rotatable bonds is 5. The lowest BCUT2D eigenvalue weighted by Crippen LogP contribution is -2.21. The molecule has 2 N–H and O–H groups in total. The van der Waals surface area contributed by atoms with Gasteiger partial charge in [-0.15, -0.1) is 0 Å². The molecule has 0 heterocycles. The van der Waals surface area contributed by atoms with Gasteiger partial charge in [-0.05, 0) is 24.3 Å². The third-order valence-corrected chi connectivity index (χ3v) is 3.40. The number of primary amides is 1. The molecule has 0 fully saturated rings. The monoisotopic (exact) mass is 339 g/mol. The Bertz CT molecular complexity index is 718. The van der Waals surface area contributed by atoms with Gasteiger partial charge in [-0.2, -0.15) is 0 Å². The van der Waals surface area contributed by atoms with Crippen molar-refractivity contribution in [3.63, 3.8) is 0 Å². The lowest BCUT2D eigenvalue weighted by Gasteiger charge is -2.11. The number of esters is 1. The Morgan fingerprint density at radius 2 is 1.68 bits per heavy atom. The summed E-state index contributed by atoms with van der Waals surface area (Å²) in [5, 5.41) is 0.401. The zero-order valence-corrected chi connectivity index (χ0v) is 12.7. The second kappa shape index (κ2) is 7.15. The minimum Gasteiger partial charge on any atom is -0.483 e. The van der Waals surface area contributed by atoms with Crippen LogP contribution < -0.4 is 15.2 Å². The molecule has 0 saturated heterocycles. The van der Waals surface area contributed by atoms with E-state index < -0.39 is 11.9 Å². The molecule has 0 radical (unpaired) electrons. The largest absolute Gasteiger partial charge is 0.483 e. The molecule has 0 aromatic heterocycles. The third-order valence-electron chi connectivity index (χ3n) is 2.60.